The number of fused-ring (bicyclic) bond motifs is 1. The number of ether oxygens (including phenoxy) is 2. The summed E-state index contributed by atoms with van der Waals surface area (Å²) in [5.41, 5.74) is 3.62. The lowest BCUT2D eigenvalue weighted by Gasteiger charge is -2.37. The number of nitrogens with zero attached hydrogens (tertiary/aromatic N) is 1. The number of carbonyl (C=O) groups is 1. The summed E-state index contributed by atoms with van der Waals surface area (Å²) < 4.78 is 11.3. The van der Waals surface area contributed by atoms with Crippen molar-refractivity contribution in [3.05, 3.63) is 52.4 Å². The second kappa shape index (κ2) is 5.48. The molecule has 0 saturated carbocycles. The molecule has 0 fully saturated rings. The summed E-state index contributed by atoms with van der Waals surface area (Å²) in [5.74, 6) is 2.17. The number of allylic oxidation sites excluding steroid dienone is 2. The minimum atomic E-state index is -0.146. The van der Waals surface area contributed by atoms with E-state index in [4.69, 9.17) is 9.47 Å². The predicted octanol–water partition coefficient (Wildman–Crippen LogP) is 3.89. The lowest BCUT2D eigenvalue weighted by molar-refractivity contribution is -0.118. The number of methoxy groups -OCH3 is 1. The average Bonchev–Trinajstić information content (AvgIpc) is 2.93. The smallest absolute Gasteiger partial charge is 0.242 e. The Balaban J connectivity index is 1.89. The second-order valence-electron chi connectivity index (χ2n) is 7.65. The monoisotopic (exact) mass is 338 g/mol. The van der Waals surface area contributed by atoms with Crippen LogP contribution in [0.3, 0.4) is 0 Å². The van der Waals surface area contributed by atoms with Gasteiger partial charge in [-0.2, -0.15) is 0 Å². The van der Waals surface area contributed by atoms with Crippen molar-refractivity contribution in [1.82, 2.24) is 10.2 Å². The van der Waals surface area contributed by atoms with Gasteiger partial charge in [-0.25, -0.2) is 0 Å². The van der Waals surface area contributed by atoms with E-state index in [0.717, 1.165) is 40.3 Å². The van der Waals surface area contributed by atoms with Gasteiger partial charge in [-0.1, -0.05) is 26.0 Å². The van der Waals surface area contributed by atoms with E-state index in [2.05, 4.69) is 24.0 Å². The van der Waals surface area contributed by atoms with Gasteiger partial charge < -0.3 is 9.47 Å². The zero-order valence-corrected chi connectivity index (χ0v) is 15.0. The van der Waals surface area contributed by atoms with Crippen LogP contribution in [0.2, 0.25) is 0 Å². The van der Waals surface area contributed by atoms with Gasteiger partial charge >= 0.3 is 0 Å². The van der Waals surface area contributed by atoms with Gasteiger partial charge in [0.05, 0.1) is 7.11 Å². The normalized spacial score (nSPS) is 21.4. The van der Waals surface area contributed by atoms with Crippen LogP contribution >= 0.6 is 0 Å². The van der Waals surface area contributed by atoms with Gasteiger partial charge in [-0.05, 0) is 30.0 Å². The SMILES string of the molecule is COc1ccc(C2C3=C(CC(C)(C)CC3=O)Oc3n[nH]c(C)c32)cc1. The highest BCUT2D eigenvalue weighted by Crippen LogP contribution is 2.50. The third-order valence-corrected chi connectivity index (χ3v) is 5.08. The van der Waals surface area contributed by atoms with Crippen LogP contribution in [0.4, 0.5) is 0 Å². The molecule has 1 aliphatic carbocycles. The fourth-order valence-electron chi connectivity index (χ4n) is 3.91. The maximum absolute atomic E-state index is 13.0. The van der Waals surface area contributed by atoms with Crippen LogP contribution in [0.1, 0.15) is 49.4 Å². The molecule has 1 N–H and O–H groups in total. The summed E-state index contributed by atoms with van der Waals surface area (Å²) in [6.07, 6.45) is 1.28. The molecule has 0 radical (unpaired) electrons. The topological polar surface area (TPSA) is 64.2 Å². The van der Waals surface area contributed by atoms with Crippen LogP contribution in [0.5, 0.6) is 11.6 Å². The van der Waals surface area contributed by atoms with E-state index in [1.807, 2.05) is 31.2 Å². The van der Waals surface area contributed by atoms with Crippen molar-refractivity contribution in [3.8, 4) is 11.6 Å². The van der Waals surface area contributed by atoms with Gasteiger partial charge in [0.1, 0.15) is 11.5 Å². The van der Waals surface area contributed by atoms with Crippen LogP contribution in [0, 0.1) is 12.3 Å². The number of rotatable bonds is 2. The molecule has 1 atom stereocenters. The molecule has 1 aromatic heterocycles. The van der Waals surface area contributed by atoms with Gasteiger partial charge in [0.25, 0.3) is 0 Å². The first-order valence-electron chi connectivity index (χ1n) is 8.52. The van der Waals surface area contributed by atoms with Crippen molar-refractivity contribution in [2.75, 3.05) is 7.11 Å². The molecule has 5 nitrogen and oxygen atoms in total. The Morgan fingerprint density at radius 1 is 1.24 bits per heavy atom. The van der Waals surface area contributed by atoms with Crippen molar-refractivity contribution in [3.63, 3.8) is 0 Å². The minimum Gasteiger partial charge on any atom is -0.497 e. The average molecular weight is 338 g/mol. The number of aromatic amines is 1. The van der Waals surface area contributed by atoms with Crippen LogP contribution in [-0.2, 0) is 4.79 Å². The molecule has 0 saturated heterocycles. The summed E-state index contributed by atoms with van der Waals surface area (Å²) in [7, 11) is 1.65. The maximum Gasteiger partial charge on any atom is 0.242 e. The highest BCUT2D eigenvalue weighted by atomic mass is 16.5. The molecule has 1 aromatic carbocycles. The molecule has 0 amide bonds. The fourth-order valence-corrected chi connectivity index (χ4v) is 3.91. The Morgan fingerprint density at radius 2 is 1.96 bits per heavy atom. The van der Waals surface area contributed by atoms with E-state index in [1.54, 1.807) is 7.11 Å². The van der Waals surface area contributed by atoms with Crippen molar-refractivity contribution < 1.29 is 14.3 Å². The van der Waals surface area contributed by atoms with E-state index in [9.17, 15) is 4.79 Å². The predicted molar refractivity (Wildman–Crippen MR) is 93.8 cm³/mol. The molecular formula is C20H22N2O3. The van der Waals surface area contributed by atoms with Gasteiger partial charge in [0.15, 0.2) is 5.78 Å². The molecule has 0 spiro atoms. The largest absolute Gasteiger partial charge is 0.497 e. The fraction of sp³-hybridized carbons (Fsp3) is 0.400. The number of carbonyl (C=O) groups excluding carboxylic acids is 1. The summed E-state index contributed by atoms with van der Waals surface area (Å²) in [5, 5.41) is 7.32. The number of benzene rings is 1. The molecule has 2 heterocycles. The minimum absolute atomic E-state index is 0.0940. The second-order valence-corrected chi connectivity index (χ2v) is 7.65. The van der Waals surface area contributed by atoms with Crippen LogP contribution in [-0.4, -0.2) is 23.1 Å². The number of hydrogen-bond acceptors (Lipinski definition) is 4. The molecule has 0 bridgehead atoms. The van der Waals surface area contributed by atoms with Crippen molar-refractivity contribution >= 4 is 5.78 Å². The number of aryl methyl sites for hydroxylation is 1. The number of nitrogens with one attached hydrogen (secondary N) is 1. The molecule has 130 valence electrons. The van der Waals surface area contributed by atoms with Crippen LogP contribution < -0.4 is 9.47 Å². The van der Waals surface area contributed by atoms with E-state index >= 15 is 0 Å². The van der Waals surface area contributed by atoms with Gasteiger partial charge in [-0.3, -0.25) is 9.89 Å². The molecule has 1 aliphatic heterocycles. The molecule has 4 rings (SSSR count). The zero-order chi connectivity index (χ0) is 17.8. The quantitative estimate of drug-likeness (QED) is 0.902. The number of ketones is 1. The highest BCUT2D eigenvalue weighted by molar-refractivity contribution is 6.00. The molecule has 2 aromatic rings. The third-order valence-electron chi connectivity index (χ3n) is 5.08. The lowest BCUT2D eigenvalue weighted by atomic mass is 9.70. The molecular weight excluding hydrogens is 316 g/mol. The standard InChI is InChI=1S/C20H22N2O3/c1-11-16-17(12-5-7-13(24-4)8-6-12)18-14(23)9-20(2,3)10-15(18)25-19(16)22-21-11/h5-8,17H,9-10H2,1-4H3,(H,21,22). The van der Waals surface area contributed by atoms with E-state index in [0.29, 0.717) is 12.3 Å². The number of hydrogen-bond donors (Lipinski definition) is 1. The first kappa shape index (κ1) is 15.9. The zero-order valence-electron chi connectivity index (χ0n) is 15.0. The van der Waals surface area contributed by atoms with E-state index in [1.165, 1.54) is 0 Å². The van der Waals surface area contributed by atoms with Crippen LogP contribution in [0.25, 0.3) is 0 Å². The highest BCUT2D eigenvalue weighted by Gasteiger charge is 2.43. The number of aromatic nitrogens is 2. The Kier molecular flexibility index (Phi) is 3.49. The Bertz CT molecular complexity index is 875. The van der Waals surface area contributed by atoms with E-state index in [-0.39, 0.29) is 17.1 Å². The summed E-state index contributed by atoms with van der Waals surface area (Å²) in [6.45, 7) is 6.17. The first-order valence-corrected chi connectivity index (χ1v) is 8.52. The summed E-state index contributed by atoms with van der Waals surface area (Å²) in [4.78, 5) is 13.0. The molecule has 25 heavy (non-hydrogen) atoms. The molecule has 5 heteroatoms. The van der Waals surface area contributed by atoms with Gasteiger partial charge in [0, 0.05) is 35.6 Å². The van der Waals surface area contributed by atoms with Gasteiger partial charge in [-0.15, -0.1) is 5.10 Å². The Labute approximate surface area is 147 Å². The molecule has 2 aliphatic rings. The van der Waals surface area contributed by atoms with E-state index < -0.39 is 0 Å². The Hall–Kier alpha value is -2.56. The summed E-state index contributed by atoms with van der Waals surface area (Å²) in [6, 6.07) is 7.89. The first-order chi connectivity index (χ1) is 11.9. The van der Waals surface area contributed by atoms with Crippen molar-refractivity contribution in [2.45, 2.75) is 39.5 Å². The number of Topliss-reactive ketones (excluding diaryl/α,β-unsaturated/α-hetero) is 1. The van der Waals surface area contributed by atoms with Gasteiger partial charge in [0.2, 0.25) is 5.88 Å². The summed E-state index contributed by atoms with van der Waals surface area (Å²) >= 11 is 0. The van der Waals surface area contributed by atoms with Crippen molar-refractivity contribution in [1.29, 1.82) is 0 Å². The number of H-pyrrole nitrogens is 1. The van der Waals surface area contributed by atoms with Crippen LogP contribution in [0.15, 0.2) is 35.6 Å². The maximum atomic E-state index is 13.0. The molecule has 1 unspecified atom stereocenters. The Morgan fingerprint density at radius 3 is 2.64 bits per heavy atom. The van der Waals surface area contributed by atoms with Crippen molar-refractivity contribution in [2.24, 2.45) is 5.41 Å². The third kappa shape index (κ3) is 2.54. The lowest BCUT2D eigenvalue weighted by Crippen LogP contribution is -2.32.